The average Bonchev–Trinajstić information content (AvgIpc) is 1.88. The van der Waals surface area contributed by atoms with Gasteiger partial charge in [-0.2, -0.15) is 12.6 Å². The Balaban J connectivity index is 2.13. The third kappa shape index (κ3) is 2.90. The molecule has 1 heterocycles. The molecule has 0 aliphatic carbocycles. The lowest BCUT2D eigenvalue weighted by atomic mass is 10.1. The SMILES string of the molecule is CC(S)NC1CCOCC1. The maximum Gasteiger partial charge on any atom is 0.0480 e. The second-order valence-electron chi connectivity index (χ2n) is 2.73. The molecule has 0 aromatic carbocycles. The Morgan fingerprint density at radius 1 is 1.50 bits per heavy atom. The fourth-order valence-corrected chi connectivity index (χ4v) is 1.42. The largest absolute Gasteiger partial charge is 0.381 e. The first-order valence-electron chi connectivity index (χ1n) is 3.81. The Bertz CT molecular complexity index is 91.6. The van der Waals surface area contributed by atoms with E-state index in [9.17, 15) is 0 Å². The first-order chi connectivity index (χ1) is 4.79. The standard InChI is InChI=1S/C7H15NOS/c1-6(10)8-7-2-4-9-5-3-7/h6-8,10H,2-5H2,1H3. The molecule has 10 heavy (non-hydrogen) atoms. The lowest BCUT2D eigenvalue weighted by molar-refractivity contribution is 0.0778. The van der Waals surface area contributed by atoms with E-state index >= 15 is 0 Å². The molecule has 0 amide bonds. The smallest absolute Gasteiger partial charge is 0.0480 e. The van der Waals surface area contributed by atoms with Crippen LogP contribution in [-0.2, 0) is 4.74 Å². The van der Waals surface area contributed by atoms with Crippen LogP contribution in [0.2, 0.25) is 0 Å². The molecule has 0 saturated carbocycles. The lowest BCUT2D eigenvalue weighted by Crippen LogP contribution is -2.37. The van der Waals surface area contributed by atoms with Crippen LogP contribution in [0.3, 0.4) is 0 Å². The van der Waals surface area contributed by atoms with E-state index in [1.54, 1.807) is 0 Å². The van der Waals surface area contributed by atoms with Crippen LogP contribution in [0, 0.1) is 0 Å². The molecule has 60 valence electrons. The number of thiol groups is 1. The topological polar surface area (TPSA) is 21.3 Å². The van der Waals surface area contributed by atoms with E-state index in [2.05, 4.69) is 24.9 Å². The minimum Gasteiger partial charge on any atom is -0.381 e. The Kier molecular flexibility index (Phi) is 3.52. The molecule has 1 N–H and O–H groups in total. The second-order valence-corrected chi connectivity index (χ2v) is 3.50. The molecule has 1 aliphatic heterocycles. The highest BCUT2D eigenvalue weighted by Crippen LogP contribution is 2.07. The van der Waals surface area contributed by atoms with Crippen LogP contribution in [0.5, 0.6) is 0 Å². The zero-order chi connectivity index (χ0) is 7.40. The van der Waals surface area contributed by atoms with Gasteiger partial charge in [-0.1, -0.05) is 0 Å². The van der Waals surface area contributed by atoms with Crippen molar-refractivity contribution in [2.75, 3.05) is 13.2 Å². The van der Waals surface area contributed by atoms with E-state index in [4.69, 9.17) is 4.74 Å². The Morgan fingerprint density at radius 2 is 2.10 bits per heavy atom. The van der Waals surface area contributed by atoms with Gasteiger partial charge in [-0.15, -0.1) is 0 Å². The zero-order valence-electron chi connectivity index (χ0n) is 6.34. The molecule has 1 rings (SSSR count). The van der Waals surface area contributed by atoms with Gasteiger partial charge in [0.25, 0.3) is 0 Å². The van der Waals surface area contributed by atoms with Crippen LogP contribution >= 0.6 is 12.6 Å². The van der Waals surface area contributed by atoms with Crippen molar-refractivity contribution in [3.8, 4) is 0 Å². The van der Waals surface area contributed by atoms with Gasteiger partial charge in [-0.05, 0) is 19.8 Å². The summed E-state index contributed by atoms with van der Waals surface area (Å²) >= 11 is 4.26. The molecule has 1 saturated heterocycles. The summed E-state index contributed by atoms with van der Waals surface area (Å²) in [6.07, 6.45) is 2.26. The molecule has 0 radical (unpaired) electrons. The maximum atomic E-state index is 5.22. The van der Waals surface area contributed by atoms with Gasteiger partial charge >= 0.3 is 0 Å². The predicted molar refractivity (Wildman–Crippen MR) is 45.4 cm³/mol. The van der Waals surface area contributed by atoms with Crippen molar-refractivity contribution in [2.45, 2.75) is 31.2 Å². The maximum absolute atomic E-state index is 5.22. The quantitative estimate of drug-likeness (QED) is 0.466. The van der Waals surface area contributed by atoms with Crippen LogP contribution < -0.4 is 5.32 Å². The Labute approximate surface area is 67.7 Å². The van der Waals surface area contributed by atoms with Crippen molar-refractivity contribution >= 4 is 12.6 Å². The number of rotatable bonds is 2. The van der Waals surface area contributed by atoms with E-state index in [-0.39, 0.29) is 0 Å². The minimum absolute atomic E-state index is 0.308. The van der Waals surface area contributed by atoms with E-state index in [0.29, 0.717) is 11.4 Å². The van der Waals surface area contributed by atoms with Crippen molar-refractivity contribution in [3.63, 3.8) is 0 Å². The highest BCUT2D eigenvalue weighted by molar-refractivity contribution is 7.80. The van der Waals surface area contributed by atoms with Crippen molar-refractivity contribution in [2.24, 2.45) is 0 Å². The number of ether oxygens (including phenoxy) is 1. The fraction of sp³-hybridized carbons (Fsp3) is 1.00. The predicted octanol–water partition coefficient (Wildman–Crippen LogP) is 1.03. The molecule has 1 fully saturated rings. The highest BCUT2D eigenvalue weighted by Gasteiger charge is 2.13. The van der Waals surface area contributed by atoms with Crippen LogP contribution in [0.4, 0.5) is 0 Å². The molecule has 0 aromatic heterocycles. The Morgan fingerprint density at radius 3 is 2.60 bits per heavy atom. The molecule has 1 aliphatic rings. The van der Waals surface area contributed by atoms with Gasteiger partial charge in [0.1, 0.15) is 0 Å². The van der Waals surface area contributed by atoms with Gasteiger partial charge in [-0.3, -0.25) is 0 Å². The highest BCUT2D eigenvalue weighted by atomic mass is 32.1. The molecule has 0 spiro atoms. The van der Waals surface area contributed by atoms with Crippen LogP contribution in [0.25, 0.3) is 0 Å². The molecule has 0 bridgehead atoms. The number of hydrogen-bond donors (Lipinski definition) is 2. The van der Waals surface area contributed by atoms with E-state index < -0.39 is 0 Å². The van der Waals surface area contributed by atoms with Crippen LogP contribution in [-0.4, -0.2) is 24.6 Å². The molecule has 2 nitrogen and oxygen atoms in total. The van der Waals surface area contributed by atoms with E-state index in [0.717, 1.165) is 26.1 Å². The normalized spacial score (nSPS) is 24.6. The van der Waals surface area contributed by atoms with Gasteiger partial charge in [0.2, 0.25) is 0 Å². The lowest BCUT2D eigenvalue weighted by Gasteiger charge is -2.24. The summed E-state index contributed by atoms with van der Waals surface area (Å²) in [5, 5.41) is 3.67. The van der Waals surface area contributed by atoms with Gasteiger partial charge in [0.05, 0.1) is 0 Å². The first-order valence-corrected chi connectivity index (χ1v) is 4.32. The third-order valence-corrected chi connectivity index (χ3v) is 1.85. The number of hydrogen-bond acceptors (Lipinski definition) is 3. The Hall–Kier alpha value is 0.270. The molecule has 1 unspecified atom stereocenters. The van der Waals surface area contributed by atoms with Crippen molar-refractivity contribution in [1.82, 2.24) is 5.32 Å². The van der Waals surface area contributed by atoms with E-state index in [1.807, 2.05) is 0 Å². The van der Waals surface area contributed by atoms with Crippen LogP contribution in [0.15, 0.2) is 0 Å². The van der Waals surface area contributed by atoms with Crippen molar-refractivity contribution < 1.29 is 4.74 Å². The van der Waals surface area contributed by atoms with Gasteiger partial charge in [0.15, 0.2) is 0 Å². The number of nitrogens with one attached hydrogen (secondary N) is 1. The summed E-state index contributed by atoms with van der Waals surface area (Å²) in [4.78, 5) is 0. The molecular formula is C7H15NOS. The third-order valence-electron chi connectivity index (χ3n) is 1.70. The zero-order valence-corrected chi connectivity index (χ0v) is 7.23. The molecule has 0 aromatic rings. The summed E-state index contributed by atoms with van der Waals surface area (Å²) in [5.74, 6) is 0. The monoisotopic (exact) mass is 161 g/mol. The molecule has 3 heteroatoms. The van der Waals surface area contributed by atoms with E-state index in [1.165, 1.54) is 0 Å². The first kappa shape index (κ1) is 8.37. The molecular weight excluding hydrogens is 146 g/mol. The van der Waals surface area contributed by atoms with Crippen LogP contribution in [0.1, 0.15) is 19.8 Å². The summed E-state index contributed by atoms with van der Waals surface area (Å²) < 4.78 is 5.22. The van der Waals surface area contributed by atoms with Gasteiger partial charge < -0.3 is 10.1 Å². The minimum atomic E-state index is 0.308. The second kappa shape index (κ2) is 4.21. The van der Waals surface area contributed by atoms with Gasteiger partial charge in [-0.25, -0.2) is 0 Å². The summed E-state index contributed by atoms with van der Waals surface area (Å²) in [5.41, 5.74) is 0. The summed E-state index contributed by atoms with van der Waals surface area (Å²) in [7, 11) is 0. The summed E-state index contributed by atoms with van der Waals surface area (Å²) in [6.45, 7) is 3.86. The van der Waals surface area contributed by atoms with Crippen molar-refractivity contribution in [3.05, 3.63) is 0 Å². The fourth-order valence-electron chi connectivity index (χ4n) is 1.21. The summed E-state index contributed by atoms with van der Waals surface area (Å²) in [6, 6.07) is 0.626. The van der Waals surface area contributed by atoms with Gasteiger partial charge in [0, 0.05) is 24.6 Å². The van der Waals surface area contributed by atoms with Crippen molar-refractivity contribution in [1.29, 1.82) is 0 Å². The molecule has 1 atom stereocenters. The average molecular weight is 161 g/mol.